The topological polar surface area (TPSA) is 94.2 Å². The summed E-state index contributed by atoms with van der Waals surface area (Å²) < 4.78 is 41.0. The van der Waals surface area contributed by atoms with Crippen LogP contribution in [0.4, 0.5) is 5.69 Å². The molecule has 9 heteroatoms. The second kappa shape index (κ2) is 10.7. The Morgan fingerprint density at radius 2 is 1.73 bits per heavy atom. The number of methoxy groups -OCH3 is 1. The van der Waals surface area contributed by atoms with Gasteiger partial charge in [-0.25, -0.2) is 8.42 Å². The molecule has 0 aliphatic heterocycles. The van der Waals surface area contributed by atoms with Gasteiger partial charge in [0.2, 0.25) is 10.0 Å². The molecule has 0 heterocycles. The number of hydrogen-bond acceptors (Lipinski definition) is 6. The Labute approximate surface area is 177 Å². The maximum absolute atomic E-state index is 12.4. The zero-order chi connectivity index (χ0) is 22.1. The number of sulfonamides is 1. The maximum atomic E-state index is 12.4. The molecule has 1 N–H and O–H groups in total. The first-order chi connectivity index (χ1) is 14.3. The highest BCUT2D eigenvalue weighted by Gasteiger charge is 2.18. The van der Waals surface area contributed by atoms with Gasteiger partial charge in [0.25, 0.3) is 5.91 Å². The zero-order valence-electron chi connectivity index (χ0n) is 17.6. The van der Waals surface area contributed by atoms with Crippen LogP contribution in [0.1, 0.15) is 13.3 Å². The Hall–Kier alpha value is -2.94. The van der Waals surface area contributed by atoms with E-state index >= 15 is 0 Å². The van der Waals surface area contributed by atoms with Gasteiger partial charge in [-0.1, -0.05) is 19.1 Å². The van der Waals surface area contributed by atoms with E-state index in [2.05, 4.69) is 5.32 Å². The lowest BCUT2D eigenvalue weighted by Crippen LogP contribution is -2.39. The van der Waals surface area contributed by atoms with E-state index in [0.717, 1.165) is 6.26 Å². The standard InChI is InChI=1S/C21H28N2O6S/c1-5-18(29-17-12-10-16(11-13-17)23(2)30(4,25)26)21(24)22-14-15-28-20-9-7-6-8-19(20)27-3/h6-13,18H,5,14-15H2,1-4H3,(H,22,24)/t18-/m1/s1. The minimum absolute atomic E-state index is 0.251. The monoisotopic (exact) mass is 436 g/mol. The van der Waals surface area contributed by atoms with E-state index in [1.165, 1.54) is 11.4 Å². The summed E-state index contributed by atoms with van der Waals surface area (Å²) in [6.07, 6.45) is 0.936. The van der Waals surface area contributed by atoms with Gasteiger partial charge >= 0.3 is 0 Å². The van der Waals surface area contributed by atoms with Crippen LogP contribution in [0.3, 0.4) is 0 Å². The molecule has 1 atom stereocenters. The van der Waals surface area contributed by atoms with Crippen molar-refractivity contribution < 1.29 is 27.4 Å². The summed E-state index contributed by atoms with van der Waals surface area (Å²) in [5.74, 6) is 1.46. The summed E-state index contributed by atoms with van der Waals surface area (Å²) in [5.41, 5.74) is 0.510. The first-order valence-electron chi connectivity index (χ1n) is 9.50. The summed E-state index contributed by atoms with van der Waals surface area (Å²) in [6, 6.07) is 13.8. The number of hydrogen-bond donors (Lipinski definition) is 1. The van der Waals surface area contributed by atoms with E-state index < -0.39 is 16.1 Å². The Morgan fingerprint density at radius 1 is 1.10 bits per heavy atom. The van der Waals surface area contributed by atoms with Crippen molar-refractivity contribution in [2.24, 2.45) is 0 Å². The molecule has 164 valence electrons. The number of para-hydroxylation sites is 2. The quantitative estimate of drug-likeness (QED) is 0.544. The third-order valence-corrected chi connectivity index (χ3v) is 5.57. The molecule has 0 saturated carbocycles. The largest absolute Gasteiger partial charge is 0.493 e. The number of carbonyl (C=O) groups is 1. The van der Waals surface area contributed by atoms with Crippen molar-refractivity contribution in [2.45, 2.75) is 19.4 Å². The van der Waals surface area contributed by atoms with Crippen molar-refractivity contribution in [1.29, 1.82) is 0 Å². The Morgan fingerprint density at radius 3 is 2.30 bits per heavy atom. The van der Waals surface area contributed by atoms with Gasteiger partial charge in [-0.3, -0.25) is 9.10 Å². The molecule has 0 aromatic heterocycles. The van der Waals surface area contributed by atoms with Crippen LogP contribution in [0.5, 0.6) is 17.2 Å². The third-order valence-electron chi connectivity index (χ3n) is 4.37. The van der Waals surface area contributed by atoms with Gasteiger partial charge in [0.15, 0.2) is 17.6 Å². The minimum Gasteiger partial charge on any atom is -0.493 e. The normalized spacial score (nSPS) is 12.0. The fraction of sp³-hybridized carbons (Fsp3) is 0.381. The molecule has 2 aromatic carbocycles. The van der Waals surface area contributed by atoms with Gasteiger partial charge in [0.1, 0.15) is 12.4 Å². The van der Waals surface area contributed by atoms with Gasteiger partial charge < -0.3 is 19.5 Å². The lowest BCUT2D eigenvalue weighted by atomic mass is 10.2. The van der Waals surface area contributed by atoms with E-state index in [0.29, 0.717) is 35.9 Å². The smallest absolute Gasteiger partial charge is 0.261 e. The highest BCUT2D eigenvalue weighted by molar-refractivity contribution is 7.92. The molecule has 30 heavy (non-hydrogen) atoms. The van der Waals surface area contributed by atoms with E-state index in [1.54, 1.807) is 43.5 Å². The molecule has 0 unspecified atom stereocenters. The SMILES string of the molecule is CC[C@@H](Oc1ccc(N(C)S(C)(=O)=O)cc1)C(=O)NCCOc1ccccc1OC. The van der Waals surface area contributed by atoms with Crippen LogP contribution in [-0.2, 0) is 14.8 Å². The molecular formula is C21H28N2O6S. The van der Waals surface area contributed by atoms with Crippen molar-refractivity contribution in [2.75, 3.05) is 37.9 Å². The van der Waals surface area contributed by atoms with E-state index in [4.69, 9.17) is 14.2 Å². The van der Waals surface area contributed by atoms with Crippen molar-refractivity contribution in [3.05, 3.63) is 48.5 Å². The molecule has 0 aliphatic rings. The fourth-order valence-corrected chi connectivity index (χ4v) is 3.10. The first kappa shape index (κ1) is 23.3. The van der Waals surface area contributed by atoms with Gasteiger partial charge in [0.05, 0.1) is 25.6 Å². The highest BCUT2D eigenvalue weighted by Crippen LogP contribution is 2.25. The van der Waals surface area contributed by atoms with Crippen LogP contribution >= 0.6 is 0 Å². The van der Waals surface area contributed by atoms with Crippen molar-refractivity contribution in [3.63, 3.8) is 0 Å². The number of ether oxygens (including phenoxy) is 3. The highest BCUT2D eigenvalue weighted by atomic mass is 32.2. The number of benzene rings is 2. The number of nitrogens with zero attached hydrogens (tertiary/aromatic N) is 1. The van der Waals surface area contributed by atoms with E-state index in [9.17, 15) is 13.2 Å². The molecule has 0 radical (unpaired) electrons. The molecular weight excluding hydrogens is 408 g/mol. The lowest BCUT2D eigenvalue weighted by molar-refractivity contribution is -0.128. The van der Waals surface area contributed by atoms with Crippen molar-refractivity contribution in [3.8, 4) is 17.2 Å². The Bertz CT molecular complexity index is 931. The molecule has 0 bridgehead atoms. The number of amides is 1. The average molecular weight is 437 g/mol. The zero-order valence-corrected chi connectivity index (χ0v) is 18.4. The molecule has 2 aromatic rings. The second-order valence-electron chi connectivity index (χ2n) is 6.53. The van der Waals surface area contributed by atoms with E-state index in [-0.39, 0.29) is 12.5 Å². The maximum Gasteiger partial charge on any atom is 0.261 e. The Balaban J connectivity index is 1.86. The first-order valence-corrected chi connectivity index (χ1v) is 11.3. The lowest BCUT2D eigenvalue weighted by Gasteiger charge is -2.19. The summed E-state index contributed by atoms with van der Waals surface area (Å²) in [6.45, 7) is 2.45. The molecule has 0 fully saturated rings. The van der Waals surface area contributed by atoms with Crippen molar-refractivity contribution >= 4 is 21.6 Å². The average Bonchev–Trinajstić information content (AvgIpc) is 2.74. The molecule has 0 saturated heterocycles. The minimum atomic E-state index is -3.34. The molecule has 0 spiro atoms. The van der Waals surface area contributed by atoms with Gasteiger partial charge in [-0.15, -0.1) is 0 Å². The van der Waals surface area contributed by atoms with Crippen LogP contribution in [0.25, 0.3) is 0 Å². The summed E-state index contributed by atoms with van der Waals surface area (Å²) in [4.78, 5) is 12.4. The van der Waals surface area contributed by atoms with Gasteiger partial charge in [-0.05, 0) is 42.8 Å². The fourth-order valence-electron chi connectivity index (χ4n) is 2.60. The number of anilines is 1. The summed E-state index contributed by atoms with van der Waals surface area (Å²) in [5, 5.41) is 2.79. The third kappa shape index (κ3) is 6.55. The molecule has 2 rings (SSSR count). The molecule has 8 nitrogen and oxygen atoms in total. The summed E-state index contributed by atoms with van der Waals surface area (Å²) >= 11 is 0. The van der Waals surface area contributed by atoms with Gasteiger partial charge in [0, 0.05) is 7.05 Å². The predicted molar refractivity (Wildman–Crippen MR) is 116 cm³/mol. The van der Waals surface area contributed by atoms with Crippen LogP contribution in [0, 0.1) is 0 Å². The second-order valence-corrected chi connectivity index (χ2v) is 8.54. The summed E-state index contributed by atoms with van der Waals surface area (Å²) in [7, 11) is -0.298. The van der Waals surface area contributed by atoms with Crippen LogP contribution in [0.15, 0.2) is 48.5 Å². The van der Waals surface area contributed by atoms with Crippen LogP contribution < -0.4 is 23.8 Å². The number of carbonyl (C=O) groups excluding carboxylic acids is 1. The molecule has 1 amide bonds. The van der Waals surface area contributed by atoms with E-state index in [1.807, 2.05) is 19.1 Å². The number of nitrogens with one attached hydrogen (secondary N) is 1. The van der Waals surface area contributed by atoms with Gasteiger partial charge in [-0.2, -0.15) is 0 Å². The van der Waals surface area contributed by atoms with Crippen molar-refractivity contribution in [1.82, 2.24) is 5.32 Å². The van der Waals surface area contributed by atoms with Crippen LogP contribution in [-0.4, -0.2) is 54.0 Å². The predicted octanol–water partition coefficient (Wildman–Crippen LogP) is 2.44. The Kier molecular flexibility index (Phi) is 8.35. The number of rotatable bonds is 11. The van der Waals surface area contributed by atoms with Crippen LogP contribution in [0.2, 0.25) is 0 Å². The molecule has 0 aliphatic carbocycles.